The number of nitrogens with one attached hydrogen (secondary N) is 2. The standard InChI is InChI=1S/C14H17F2N3O2/c1-8(2)19-7-12(18-14(19)21)13(20)17-6-9-3-4-10(15)11(16)5-9/h3-5,8,12H,6-7H2,1-2H3,(H,17,20)(H,18,21). The van der Waals surface area contributed by atoms with E-state index in [0.29, 0.717) is 12.1 Å². The lowest BCUT2D eigenvalue weighted by atomic mass is 10.2. The first-order valence-corrected chi connectivity index (χ1v) is 6.67. The van der Waals surface area contributed by atoms with Crippen molar-refractivity contribution in [2.75, 3.05) is 6.54 Å². The van der Waals surface area contributed by atoms with Crippen molar-refractivity contribution < 1.29 is 18.4 Å². The van der Waals surface area contributed by atoms with Crippen molar-refractivity contribution in [2.45, 2.75) is 32.5 Å². The molecule has 1 heterocycles. The number of carbonyl (C=O) groups is 2. The number of nitrogens with zero attached hydrogens (tertiary/aromatic N) is 1. The Bertz CT molecular complexity index is 563. The lowest BCUT2D eigenvalue weighted by Crippen LogP contribution is -2.42. The molecule has 1 atom stereocenters. The van der Waals surface area contributed by atoms with Gasteiger partial charge in [-0.3, -0.25) is 4.79 Å². The predicted octanol–water partition coefficient (Wildman–Crippen LogP) is 1.38. The molecule has 1 aromatic carbocycles. The van der Waals surface area contributed by atoms with Crippen LogP contribution >= 0.6 is 0 Å². The Hall–Kier alpha value is -2.18. The van der Waals surface area contributed by atoms with Crippen molar-refractivity contribution in [1.82, 2.24) is 15.5 Å². The second-order valence-electron chi connectivity index (χ2n) is 5.21. The van der Waals surface area contributed by atoms with Crippen LogP contribution < -0.4 is 10.6 Å². The summed E-state index contributed by atoms with van der Waals surface area (Å²) < 4.78 is 25.8. The highest BCUT2D eigenvalue weighted by Crippen LogP contribution is 2.10. The van der Waals surface area contributed by atoms with Crippen LogP contribution in [-0.4, -0.2) is 35.5 Å². The van der Waals surface area contributed by atoms with E-state index in [-0.39, 0.29) is 24.5 Å². The van der Waals surface area contributed by atoms with Crippen molar-refractivity contribution in [3.8, 4) is 0 Å². The minimum absolute atomic E-state index is 0.00833. The Kier molecular flexibility index (Phi) is 4.40. The second-order valence-corrected chi connectivity index (χ2v) is 5.21. The molecule has 2 N–H and O–H groups in total. The molecule has 0 radical (unpaired) electrons. The van der Waals surface area contributed by atoms with E-state index >= 15 is 0 Å². The van der Waals surface area contributed by atoms with Gasteiger partial charge >= 0.3 is 6.03 Å². The van der Waals surface area contributed by atoms with E-state index in [1.165, 1.54) is 6.07 Å². The normalized spacial score (nSPS) is 18.0. The summed E-state index contributed by atoms with van der Waals surface area (Å²) in [6.45, 7) is 4.09. The Balaban J connectivity index is 1.90. The maximum absolute atomic E-state index is 13.0. The van der Waals surface area contributed by atoms with E-state index in [1.807, 2.05) is 13.8 Å². The van der Waals surface area contributed by atoms with Crippen molar-refractivity contribution >= 4 is 11.9 Å². The number of amides is 3. The molecular formula is C14H17F2N3O2. The monoisotopic (exact) mass is 297 g/mol. The predicted molar refractivity (Wildman–Crippen MR) is 72.4 cm³/mol. The van der Waals surface area contributed by atoms with Crippen LogP contribution in [0.15, 0.2) is 18.2 Å². The van der Waals surface area contributed by atoms with Gasteiger partial charge < -0.3 is 15.5 Å². The molecule has 2 rings (SSSR count). The maximum atomic E-state index is 13.0. The minimum atomic E-state index is -0.957. The van der Waals surface area contributed by atoms with Gasteiger partial charge in [0.05, 0.1) is 6.54 Å². The van der Waals surface area contributed by atoms with Gasteiger partial charge in [0.1, 0.15) is 6.04 Å². The van der Waals surface area contributed by atoms with Gasteiger partial charge in [-0.15, -0.1) is 0 Å². The molecule has 0 aliphatic carbocycles. The molecule has 0 spiro atoms. The molecule has 5 nitrogen and oxygen atoms in total. The van der Waals surface area contributed by atoms with Crippen molar-refractivity contribution in [3.05, 3.63) is 35.4 Å². The number of rotatable bonds is 4. The molecule has 0 saturated carbocycles. The van der Waals surface area contributed by atoms with Crippen LogP contribution in [0.3, 0.4) is 0 Å². The summed E-state index contributed by atoms with van der Waals surface area (Å²) in [6, 6.07) is 2.53. The molecule has 3 amide bonds. The van der Waals surface area contributed by atoms with Crippen LogP contribution in [0.4, 0.5) is 13.6 Å². The van der Waals surface area contributed by atoms with Crippen LogP contribution in [-0.2, 0) is 11.3 Å². The molecule has 7 heteroatoms. The van der Waals surface area contributed by atoms with Crippen LogP contribution in [0, 0.1) is 11.6 Å². The third kappa shape index (κ3) is 3.48. The minimum Gasteiger partial charge on any atom is -0.350 e. The summed E-state index contributed by atoms with van der Waals surface area (Å²) in [4.78, 5) is 25.2. The molecule has 1 saturated heterocycles. The quantitative estimate of drug-likeness (QED) is 0.882. The number of hydrogen-bond donors (Lipinski definition) is 2. The smallest absolute Gasteiger partial charge is 0.318 e. The Morgan fingerprint density at radius 2 is 2.14 bits per heavy atom. The first-order chi connectivity index (χ1) is 9.88. The number of hydrogen-bond acceptors (Lipinski definition) is 2. The highest BCUT2D eigenvalue weighted by atomic mass is 19.2. The van der Waals surface area contributed by atoms with Crippen molar-refractivity contribution in [3.63, 3.8) is 0 Å². The molecule has 114 valence electrons. The van der Waals surface area contributed by atoms with E-state index in [1.54, 1.807) is 4.90 Å². The number of benzene rings is 1. The van der Waals surface area contributed by atoms with E-state index in [2.05, 4.69) is 10.6 Å². The van der Waals surface area contributed by atoms with Gasteiger partial charge in [-0.2, -0.15) is 0 Å². The van der Waals surface area contributed by atoms with Gasteiger partial charge in [0, 0.05) is 12.6 Å². The van der Waals surface area contributed by atoms with Crippen LogP contribution in [0.2, 0.25) is 0 Å². The third-order valence-electron chi connectivity index (χ3n) is 3.33. The van der Waals surface area contributed by atoms with Gasteiger partial charge in [0.15, 0.2) is 11.6 Å². The largest absolute Gasteiger partial charge is 0.350 e. The van der Waals surface area contributed by atoms with Crippen molar-refractivity contribution in [2.24, 2.45) is 0 Å². The molecule has 21 heavy (non-hydrogen) atoms. The topological polar surface area (TPSA) is 61.4 Å². The molecule has 1 fully saturated rings. The Labute approximate surface area is 121 Å². The summed E-state index contributed by atoms with van der Waals surface area (Å²) in [5, 5.41) is 5.18. The fourth-order valence-electron chi connectivity index (χ4n) is 2.11. The SMILES string of the molecule is CC(C)N1CC(C(=O)NCc2ccc(F)c(F)c2)NC1=O. The molecule has 1 unspecified atom stereocenters. The van der Waals surface area contributed by atoms with Crippen LogP contribution in [0.25, 0.3) is 0 Å². The summed E-state index contributed by atoms with van der Waals surface area (Å²) in [5.41, 5.74) is 0.451. The van der Waals surface area contributed by atoms with Gasteiger partial charge in [-0.25, -0.2) is 13.6 Å². The molecule has 1 aliphatic heterocycles. The van der Waals surface area contributed by atoms with Gasteiger partial charge in [-0.05, 0) is 31.5 Å². The number of urea groups is 1. The van der Waals surface area contributed by atoms with E-state index in [9.17, 15) is 18.4 Å². The van der Waals surface area contributed by atoms with E-state index in [4.69, 9.17) is 0 Å². The zero-order valence-corrected chi connectivity index (χ0v) is 11.8. The average molecular weight is 297 g/mol. The average Bonchev–Trinajstić information content (AvgIpc) is 2.82. The summed E-state index contributed by atoms with van der Waals surface area (Å²) in [7, 11) is 0. The molecule has 1 aromatic rings. The van der Waals surface area contributed by atoms with Gasteiger partial charge in [0.2, 0.25) is 5.91 Å². The molecule has 1 aliphatic rings. The fourth-order valence-corrected chi connectivity index (χ4v) is 2.11. The third-order valence-corrected chi connectivity index (χ3v) is 3.33. The first kappa shape index (κ1) is 15.2. The maximum Gasteiger partial charge on any atom is 0.318 e. The lowest BCUT2D eigenvalue weighted by molar-refractivity contribution is -0.122. The highest BCUT2D eigenvalue weighted by Gasteiger charge is 2.34. The van der Waals surface area contributed by atoms with Gasteiger partial charge in [-0.1, -0.05) is 6.07 Å². The molecular weight excluding hydrogens is 280 g/mol. The zero-order chi connectivity index (χ0) is 15.6. The fraction of sp³-hybridized carbons (Fsp3) is 0.429. The second kappa shape index (κ2) is 6.07. The number of carbonyl (C=O) groups excluding carboxylic acids is 2. The Morgan fingerprint density at radius 3 is 2.71 bits per heavy atom. The first-order valence-electron chi connectivity index (χ1n) is 6.67. The highest BCUT2D eigenvalue weighted by molar-refractivity contribution is 5.90. The van der Waals surface area contributed by atoms with Gasteiger partial charge in [0.25, 0.3) is 0 Å². The summed E-state index contributed by atoms with van der Waals surface area (Å²) >= 11 is 0. The molecule has 0 bridgehead atoms. The van der Waals surface area contributed by atoms with Crippen LogP contribution in [0.5, 0.6) is 0 Å². The van der Waals surface area contributed by atoms with E-state index in [0.717, 1.165) is 12.1 Å². The van der Waals surface area contributed by atoms with E-state index < -0.39 is 17.7 Å². The van der Waals surface area contributed by atoms with Crippen LogP contribution in [0.1, 0.15) is 19.4 Å². The zero-order valence-electron chi connectivity index (χ0n) is 11.8. The molecule has 0 aromatic heterocycles. The number of halogens is 2. The Morgan fingerprint density at radius 1 is 1.43 bits per heavy atom. The lowest BCUT2D eigenvalue weighted by Gasteiger charge is -2.18. The summed E-state index contributed by atoms with van der Waals surface area (Å²) in [6.07, 6.45) is 0. The summed E-state index contributed by atoms with van der Waals surface area (Å²) in [5.74, 6) is -2.24. The van der Waals surface area contributed by atoms with Crippen molar-refractivity contribution in [1.29, 1.82) is 0 Å².